The van der Waals surface area contributed by atoms with Crippen LogP contribution in [0.2, 0.25) is 0 Å². The molecule has 1 amide bonds. The largest absolute Gasteiger partial charge is 0.487 e. The fourth-order valence-corrected chi connectivity index (χ4v) is 4.75. The maximum Gasteiger partial charge on any atom is 0.261 e. The molecule has 1 aliphatic rings. The summed E-state index contributed by atoms with van der Waals surface area (Å²) in [7, 11) is 0. The Morgan fingerprint density at radius 1 is 1.39 bits per heavy atom. The monoisotopic (exact) mass is 473 g/mol. The smallest absolute Gasteiger partial charge is 0.261 e. The zero-order valence-electron chi connectivity index (χ0n) is 18.9. The number of fused-ring (bicyclic) bond motifs is 1. The quantitative estimate of drug-likeness (QED) is 0.416. The van der Waals surface area contributed by atoms with E-state index in [9.17, 15) is 14.3 Å². The molecule has 1 fully saturated rings. The molecule has 3 aromatic rings. The summed E-state index contributed by atoms with van der Waals surface area (Å²) in [5.74, 6) is 0.254. The van der Waals surface area contributed by atoms with Crippen LogP contribution in [-0.2, 0) is 0 Å². The Bertz CT molecular complexity index is 1150. The number of thiophene rings is 1. The molecule has 10 heteroatoms. The highest BCUT2D eigenvalue weighted by Gasteiger charge is 2.22. The van der Waals surface area contributed by atoms with Crippen LogP contribution in [0, 0.1) is 12.7 Å². The van der Waals surface area contributed by atoms with Gasteiger partial charge in [-0.15, -0.1) is 11.3 Å². The van der Waals surface area contributed by atoms with Gasteiger partial charge in [0, 0.05) is 19.2 Å². The normalized spacial score (nSPS) is 16.6. The summed E-state index contributed by atoms with van der Waals surface area (Å²) in [6.07, 6.45) is 3.28. The van der Waals surface area contributed by atoms with E-state index in [2.05, 4.69) is 25.9 Å². The first-order valence-corrected chi connectivity index (χ1v) is 11.7. The van der Waals surface area contributed by atoms with Gasteiger partial charge in [0.2, 0.25) is 0 Å². The van der Waals surface area contributed by atoms with E-state index in [4.69, 9.17) is 4.74 Å². The summed E-state index contributed by atoms with van der Waals surface area (Å²) in [5.41, 5.74) is 0.299. The third kappa shape index (κ3) is 5.58. The number of aromatic nitrogens is 2. The highest BCUT2D eigenvalue weighted by atomic mass is 32.1. The number of benzene rings is 1. The molecule has 0 radical (unpaired) electrons. The zero-order valence-corrected chi connectivity index (χ0v) is 19.7. The van der Waals surface area contributed by atoms with Gasteiger partial charge in [-0.3, -0.25) is 4.79 Å². The van der Waals surface area contributed by atoms with Gasteiger partial charge in [-0.05, 0) is 57.9 Å². The van der Waals surface area contributed by atoms with Crippen molar-refractivity contribution < 1.29 is 19.0 Å². The summed E-state index contributed by atoms with van der Waals surface area (Å²) in [6.45, 7) is 6.88. The van der Waals surface area contributed by atoms with Crippen LogP contribution < -0.4 is 20.7 Å². The van der Waals surface area contributed by atoms with Crippen molar-refractivity contribution in [1.29, 1.82) is 0 Å². The highest BCUT2D eigenvalue weighted by molar-refractivity contribution is 7.20. The molecule has 1 atom stereocenters. The van der Waals surface area contributed by atoms with Crippen molar-refractivity contribution in [3.8, 4) is 5.75 Å². The lowest BCUT2D eigenvalue weighted by atomic mass is 10.1. The number of aliphatic hydroxyl groups is 1. The van der Waals surface area contributed by atoms with E-state index in [1.165, 1.54) is 29.8 Å². The fourth-order valence-electron chi connectivity index (χ4n) is 3.68. The minimum atomic E-state index is -1.01. The van der Waals surface area contributed by atoms with Crippen LogP contribution >= 0.6 is 11.3 Å². The number of hydrogen-bond donors (Lipinski definition) is 4. The lowest BCUT2D eigenvalue weighted by molar-refractivity contribution is 0.0696. The van der Waals surface area contributed by atoms with Gasteiger partial charge >= 0.3 is 0 Å². The van der Waals surface area contributed by atoms with E-state index in [0.717, 1.165) is 24.9 Å². The minimum Gasteiger partial charge on any atom is -0.487 e. The van der Waals surface area contributed by atoms with Crippen molar-refractivity contribution >= 4 is 39.0 Å². The average Bonchev–Trinajstić information content (AvgIpc) is 3.12. The minimum absolute atomic E-state index is 0.0412. The van der Waals surface area contributed by atoms with Gasteiger partial charge in [0.25, 0.3) is 5.91 Å². The van der Waals surface area contributed by atoms with Gasteiger partial charge < -0.3 is 25.8 Å². The van der Waals surface area contributed by atoms with Crippen LogP contribution in [-0.4, -0.2) is 52.3 Å². The molecule has 0 aliphatic carbocycles. The van der Waals surface area contributed by atoms with Crippen LogP contribution in [0.15, 0.2) is 24.5 Å². The van der Waals surface area contributed by atoms with E-state index < -0.39 is 5.60 Å². The van der Waals surface area contributed by atoms with Crippen molar-refractivity contribution in [3.63, 3.8) is 0 Å². The molecule has 1 saturated heterocycles. The summed E-state index contributed by atoms with van der Waals surface area (Å²) in [5, 5.41) is 19.9. The Hall–Kier alpha value is -2.82. The van der Waals surface area contributed by atoms with Crippen molar-refractivity contribution in [2.45, 2.75) is 45.3 Å². The molecule has 8 nitrogen and oxygen atoms in total. The molecular formula is C23H28FN5O3S. The summed E-state index contributed by atoms with van der Waals surface area (Å²) in [4.78, 5) is 22.6. The number of rotatable bonds is 7. The second-order valence-corrected chi connectivity index (χ2v) is 9.80. The van der Waals surface area contributed by atoms with Gasteiger partial charge in [-0.1, -0.05) is 0 Å². The van der Waals surface area contributed by atoms with E-state index in [0.29, 0.717) is 38.9 Å². The van der Waals surface area contributed by atoms with E-state index in [1.54, 1.807) is 19.9 Å². The average molecular weight is 474 g/mol. The Morgan fingerprint density at radius 3 is 2.94 bits per heavy atom. The van der Waals surface area contributed by atoms with Crippen LogP contribution in [0.4, 0.5) is 15.9 Å². The second-order valence-electron chi connectivity index (χ2n) is 8.81. The first kappa shape index (κ1) is 23.3. The van der Waals surface area contributed by atoms with Gasteiger partial charge in [-0.2, -0.15) is 0 Å². The predicted octanol–water partition coefficient (Wildman–Crippen LogP) is 3.51. The number of amides is 1. The molecule has 1 unspecified atom stereocenters. The Morgan fingerprint density at radius 2 is 2.21 bits per heavy atom. The molecule has 33 heavy (non-hydrogen) atoms. The highest BCUT2D eigenvalue weighted by Crippen LogP contribution is 2.37. The zero-order chi connectivity index (χ0) is 23.6. The maximum atomic E-state index is 14.0. The van der Waals surface area contributed by atoms with Gasteiger partial charge in [0.1, 0.15) is 34.6 Å². The number of nitrogens with zero attached hydrogens (tertiary/aromatic N) is 2. The van der Waals surface area contributed by atoms with Crippen LogP contribution in [0.3, 0.4) is 0 Å². The van der Waals surface area contributed by atoms with Crippen molar-refractivity contribution in [2.75, 3.05) is 25.0 Å². The number of ether oxygens (including phenoxy) is 1. The van der Waals surface area contributed by atoms with Gasteiger partial charge in [-0.25, -0.2) is 14.4 Å². The number of aryl methyl sites for hydroxylation is 1. The van der Waals surface area contributed by atoms with Gasteiger partial charge in [0.15, 0.2) is 0 Å². The van der Waals surface area contributed by atoms with Crippen LogP contribution in [0.25, 0.3) is 10.2 Å². The van der Waals surface area contributed by atoms with E-state index in [-0.39, 0.29) is 24.4 Å². The molecule has 4 N–H and O–H groups in total. The molecular weight excluding hydrogens is 445 g/mol. The summed E-state index contributed by atoms with van der Waals surface area (Å²) in [6, 6.07) is 4.35. The maximum absolute atomic E-state index is 14.0. The number of hydrogen-bond acceptors (Lipinski definition) is 8. The Kier molecular flexibility index (Phi) is 6.78. The van der Waals surface area contributed by atoms with Crippen LogP contribution in [0.1, 0.15) is 41.9 Å². The topological polar surface area (TPSA) is 108 Å². The van der Waals surface area contributed by atoms with Crippen LogP contribution in [0.5, 0.6) is 5.75 Å². The van der Waals surface area contributed by atoms with E-state index >= 15 is 0 Å². The number of anilines is 2. The Labute approximate surface area is 195 Å². The second kappa shape index (κ2) is 9.58. The third-order valence-electron chi connectivity index (χ3n) is 5.36. The molecule has 4 rings (SSSR count). The summed E-state index contributed by atoms with van der Waals surface area (Å²) >= 11 is 1.26. The number of nitrogens with one attached hydrogen (secondary N) is 3. The number of carbonyl (C=O) groups is 1. The van der Waals surface area contributed by atoms with Crippen molar-refractivity contribution in [1.82, 2.24) is 20.6 Å². The Balaban J connectivity index is 1.63. The number of carbonyl (C=O) groups excluding carboxylic acids is 1. The molecule has 1 aromatic carbocycles. The standard InChI is InChI=1S/C23H28FN5O3S/c1-13-18-20(27-12-28-22(18)33-19(13)21(30)26-11-23(2,3)31)29-16-7-6-14(24)9-17(16)32-15-5-4-8-25-10-15/h6-7,9,12,15,25,31H,4-5,8,10-11H2,1-3H3,(H,26,30)(H,27,28,29). The lowest BCUT2D eigenvalue weighted by Gasteiger charge is -2.25. The SMILES string of the molecule is Cc1c(C(=O)NCC(C)(C)O)sc2ncnc(Nc3ccc(F)cc3OC3CCCNC3)c12. The third-order valence-corrected chi connectivity index (χ3v) is 6.56. The summed E-state index contributed by atoms with van der Waals surface area (Å²) < 4.78 is 20.1. The molecule has 176 valence electrons. The molecule has 0 spiro atoms. The first-order valence-electron chi connectivity index (χ1n) is 10.9. The predicted molar refractivity (Wildman–Crippen MR) is 127 cm³/mol. The molecule has 1 aliphatic heterocycles. The molecule has 0 bridgehead atoms. The molecule has 0 saturated carbocycles. The molecule has 3 heterocycles. The molecule has 2 aromatic heterocycles. The van der Waals surface area contributed by atoms with Gasteiger partial charge in [0.05, 0.1) is 21.6 Å². The van der Waals surface area contributed by atoms with E-state index in [1.807, 2.05) is 6.92 Å². The lowest BCUT2D eigenvalue weighted by Crippen LogP contribution is -2.38. The number of halogens is 1. The number of piperidine rings is 1. The van der Waals surface area contributed by atoms with Crippen molar-refractivity contribution in [3.05, 3.63) is 40.8 Å². The first-order chi connectivity index (χ1) is 15.7. The van der Waals surface area contributed by atoms with Crippen molar-refractivity contribution in [2.24, 2.45) is 0 Å². The fraction of sp³-hybridized carbons (Fsp3) is 0.435.